The molecule has 0 amide bonds. The van der Waals surface area contributed by atoms with E-state index in [1.807, 2.05) is 0 Å². The van der Waals surface area contributed by atoms with E-state index in [1.165, 1.54) is 12.8 Å². The minimum atomic E-state index is 0.459. The average molecular weight is 279 g/mol. The Bertz CT molecular complexity index is 438. The second kappa shape index (κ2) is 6.74. The van der Waals surface area contributed by atoms with Crippen molar-refractivity contribution in [2.45, 2.75) is 32.2 Å². The molecule has 1 fully saturated rings. The van der Waals surface area contributed by atoms with Gasteiger partial charge in [-0.05, 0) is 33.4 Å². The van der Waals surface area contributed by atoms with E-state index in [0.29, 0.717) is 24.2 Å². The largest absolute Gasteiger partial charge is 0.476 e. The third kappa shape index (κ3) is 3.30. The predicted octanol–water partition coefficient (Wildman–Crippen LogP) is 1.38. The molecule has 1 aliphatic rings. The van der Waals surface area contributed by atoms with Gasteiger partial charge in [-0.1, -0.05) is 6.92 Å². The Labute approximate surface area is 120 Å². The first-order valence-electron chi connectivity index (χ1n) is 7.28. The molecule has 2 rings (SSSR count). The minimum absolute atomic E-state index is 0.459. The SMILES string of the molecule is CCCOc1ncnc(N2CCCC2CN(C)C)c1N. The number of rotatable bonds is 6. The molecule has 112 valence electrons. The third-order valence-corrected chi connectivity index (χ3v) is 3.49. The molecule has 0 bridgehead atoms. The van der Waals surface area contributed by atoms with Crippen molar-refractivity contribution in [1.29, 1.82) is 0 Å². The van der Waals surface area contributed by atoms with E-state index in [0.717, 1.165) is 25.3 Å². The molecule has 1 aromatic rings. The van der Waals surface area contributed by atoms with Gasteiger partial charge in [0, 0.05) is 19.1 Å². The van der Waals surface area contributed by atoms with Gasteiger partial charge in [-0.25, -0.2) is 4.98 Å². The minimum Gasteiger partial charge on any atom is -0.476 e. The average Bonchev–Trinajstić information content (AvgIpc) is 2.85. The lowest BCUT2D eigenvalue weighted by Gasteiger charge is -2.29. The van der Waals surface area contributed by atoms with Crippen LogP contribution in [0.4, 0.5) is 11.5 Å². The first-order valence-corrected chi connectivity index (χ1v) is 7.28. The van der Waals surface area contributed by atoms with Crippen LogP contribution in [0.15, 0.2) is 6.33 Å². The third-order valence-electron chi connectivity index (χ3n) is 3.49. The smallest absolute Gasteiger partial charge is 0.242 e. The summed E-state index contributed by atoms with van der Waals surface area (Å²) < 4.78 is 5.59. The van der Waals surface area contributed by atoms with Gasteiger partial charge < -0.3 is 20.3 Å². The molecular formula is C14H25N5O. The molecule has 0 aromatic carbocycles. The Kier molecular flexibility index (Phi) is 5.00. The zero-order chi connectivity index (χ0) is 14.5. The highest BCUT2D eigenvalue weighted by molar-refractivity contribution is 5.68. The van der Waals surface area contributed by atoms with Gasteiger partial charge in [0.25, 0.3) is 0 Å². The molecule has 1 aliphatic heterocycles. The van der Waals surface area contributed by atoms with Gasteiger partial charge in [-0.2, -0.15) is 4.98 Å². The Morgan fingerprint density at radius 3 is 2.95 bits per heavy atom. The number of nitrogens with two attached hydrogens (primary N) is 1. The fraction of sp³-hybridized carbons (Fsp3) is 0.714. The van der Waals surface area contributed by atoms with E-state index in [4.69, 9.17) is 10.5 Å². The number of ether oxygens (including phenoxy) is 1. The number of anilines is 2. The van der Waals surface area contributed by atoms with Crippen molar-refractivity contribution >= 4 is 11.5 Å². The summed E-state index contributed by atoms with van der Waals surface area (Å²) in [6.07, 6.45) is 4.83. The molecule has 1 atom stereocenters. The summed E-state index contributed by atoms with van der Waals surface area (Å²) in [6.45, 7) is 4.69. The lowest BCUT2D eigenvalue weighted by atomic mass is 10.2. The summed E-state index contributed by atoms with van der Waals surface area (Å²) in [5.74, 6) is 1.32. The van der Waals surface area contributed by atoms with E-state index in [9.17, 15) is 0 Å². The summed E-state index contributed by atoms with van der Waals surface area (Å²) in [6, 6.07) is 0.459. The van der Waals surface area contributed by atoms with Crippen molar-refractivity contribution in [2.24, 2.45) is 0 Å². The van der Waals surface area contributed by atoms with Crippen molar-refractivity contribution in [3.63, 3.8) is 0 Å². The lowest BCUT2D eigenvalue weighted by Crippen LogP contribution is -2.38. The van der Waals surface area contributed by atoms with E-state index < -0.39 is 0 Å². The Morgan fingerprint density at radius 2 is 2.25 bits per heavy atom. The van der Waals surface area contributed by atoms with E-state index in [1.54, 1.807) is 6.33 Å². The van der Waals surface area contributed by atoms with Gasteiger partial charge in [0.1, 0.15) is 12.0 Å². The molecule has 6 heteroatoms. The molecule has 6 nitrogen and oxygen atoms in total. The maximum absolute atomic E-state index is 6.19. The van der Waals surface area contributed by atoms with Crippen molar-refractivity contribution in [3.8, 4) is 5.88 Å². The molecule has 2 heterocycles. The highest BCUT2D eigenvalue weighted by Gasteiger charge is 2.28. The highest BCUT2D eigenvalue weighted by Crippen LogP contribution is 2.32. The quantitative estimate of drug-likeness (QED) is 0.848. The Hall–Kier alpha value is -1.56. The molecule has 1 saturated heterocycles. The maximum Gasteiger partial charge on any atom is 0.242 e. The number of aromatic nitrogens is 2. The van der Waals surface area contributed by atoms with Crippen LogP contribution in [0.25, 0.3) is 0 Å². The second-order valence-corrected chi connectivity index (χ2v) is 5.52. The number of nitrogen functional groups attached to an aromatic ring is 1. The molecule has 0 spiro atoms. The summed E-state index contributed by atoms with van der Waals surface area (Å²) in [4.78, 5) is 13.0. The number of hydrogen-bond acceptors (Lipinski definition) is 6. The Morgan fingerprint density at radius 1 is 1.45 bits per heavy atom. The van der Waals surface area contributed by atoms with Crippen LogP contribution in [0, 0.1) is 0 Å². The molecular weight excluding hydrogens is 254 g/mol. The maximum atomic E-state index is 6.19. The lowest BCUT2D eigenvalue weighted by molar-refractivity contribution is 0.306. The summed E-state index contributed by atoms with van der Waals surface area (Å²) in [5, 5.41) is 0. The molecule has 1 unspecified atom stereocenters. The van der Waals surface area contributed by atoms with Crippen LogP contribution in [-0.2, 0) is 0 Å². The molecule has 0 aliphatic carbocycles. The van der Waals surface area contributed by atoms with Crippen LogP contribution >= 0.6 is 0 Å². The topological polar surface area (TPSA) is 67.5 Å². The predicted molar refractivity (Wildman–Crippen MR) is 81.2 cm³/mol. The summed E-state index contributed by atoms with van der Waals surface area (Å²) >= 11 is 0. The second-order valence-electron chi connectivity index (χ2n) is 5.52. The fourth-order valence-electron chi connectivity index (χ4n) is 2.64. The zero-order valence-corrected chi connectivity index (χ0v) is 12.7. The number of likely N-dealkylation sites (N-methyl/N-ethyl adjacent to an activating group) is 1. The van der Waals surface area contributed by atoms with Crippen molar-refractivity contribution in [1.82, 2.24) is 14.9 Å². The fourth-order valence-corrected chi connectivity index (χ4v) is 2.64. The van der Waals surface area contributed by atoms with Crippen molar-refractivity contribution in [3.05, 3.63) is 6.33 Å². The standard InChI is InChI=1S/C14H25N5O/c1-4-8-20-14-12(15)13(16-10-17-14)19-7-5-6-11(19)9-18(2)3/h10-11H,4-9,15H2,1-3H3. The molecule has 1 aromatic heterocycles. The van der Waals surface area contributed by atoms with Crippen molar-refractivity contribution in [2.75, 3.05) is 44.4 Å². The van der Waals surface area contributed by atoms with Gasteiger partial charge in [0.15, 0.2) is 5.82 Å². The first-order chi connectivity index (χ1) is 9.63. The van der Waals surface area contributed by atoms with E-state index >= 15 is 0 Å². The van der Waals surface area contributed by atoms with Crippen LogP contribution in [0.2, 0.25) is 0 Å². The summed E-state index contributed by atoms with van der Waals surface area (Å²) in [7, 11) is 4.19. The van der Waals surface area contributed by atoms with Crippen LogP contribution in [-0.4, -0.2) is 54.7 Å². The number of hydrogen-bond donors (Lipinski definition) is 1. The van der Waals surface area contributed by atoms with Gasteiger partial charge in [0.05, 0.1) is 6.61 Å². The number of nitrogens with zero attached hydrogens (tertiary/aromatic N) is 4. The summed E-state index contributed by atoms with van der Waals surface area (Å²) in [5.41, 5.74) is 6.75. The van der Waals surface area contributed by atoms with Gasteiger partial charge in [-0.3, -0.25) is 0 Å². The van der Waals surface area contributed by atoms with Gasteiger partial charge >= 0.3 is 0 Å². The monoisotopic (exact) mass is 279 g/mol. The molecule has 0 saturated carbocycles. The van der Waals surface area contributed by atoms with Crippen molar-refractivity contribution < 1.29 is 4.74 Å². The van der Waals surface area contributed by atoms with E-state index in [2.05, 4.69) is 40.8 Å². The van der Waals surface area contributed by atoms with Gasteiger partial charge in [-0.15, -0.1) is 0 Å². The van der Waals surface area contributed by atoms with E-state index in [-0.39, 0.29) is 0 Å². The zero-order valence-electron chi connectivity index (χ0n) is 12.7. The van der Waals surface area contributed by atoms with Crippen LogP contribution in [0.1, 0.15) is 26.2 Å². The van der Waals surface area contributed by atoms with Gasteiger partial charge in [0.2, 0.25) is 5.88 Å². The van der Waals surface area contributed by atoms with Crippen LogP contribution < -0.4 is 15.4 Å². The highest BCUT2D eigenvalue weighted by atomic mass is 16.5. The molecule has 20 heavy (non-hydrogen) atoms. The van der Waals surface area contributed by atoms with Crippen LogP contribution in [0.3, 0.4) is 0 Å². The Balaban J connectivity index is 2.18. The molecule has 2 N–H and O–H groups in total. The molecule has 0 radical (unpaired) electrons. The van der Waals surface area contributed by atoms with Crippen LogP contribution in [0.5, 0.6) is 5.88 Å². The normalized spacial score (nSPS) is 18.8. The first kappa shape index (κ1) is 14.8.